The molecule has 1 N–H and O–H groups in total. The Labute approximate surface area is 167 Å². The summed E-state index contributed by atoms with van der Waals surface area (Å²) in [5.74, 6) is -0.170. The third-order valence-corrected chi connectivity index (χ3v) is 6.87. The van der Waals surface area contributed by atoms with Crippen LogP contribution in [0.25, 0.3) is 10.1 Å². The summed E-state index contributed by atoms with van der Waals surface area (Å²) < 4.78 is 25.6. The maximum Gasteiger partial charge on any atom is 0.261 e. The number of fused-ring (bicyclic) bond motifs is 1. The Bertz CT molecular complexity index is 1090. The van der Waals surface area contributed by atoms with Crippen molar-refractivity contribution in [2.24, 2.45) is 0 Å². The molecular weight excluding hydrogens is 404 g/mol. The molecule has 0 fully saturated rings. The highest BCUT2D eigenvalue weighted by atomic mass is 35.5. The van der Waals surface area contributed by atoms with Gasteiger partial charge in [-0.25, -0.2) is 8.42 Å². The van der Waals surface area contributed by atoms with Crippen molar-refractivity contribution in [3.63, 3.8) is 0 Å². The first-order valence-electron chi connectivity index (χ1n) is 8.19. The van der Waals surface area contributed by atoms with Crippen LogP contribution in [0.15, 0.2) is 48.5 Å². The normalized spacial score (nSPS) is 12.7. The molecule has 8 heteroatoms. The minimum atomic E-state index is -3.34. The van der Waals surface area contributed by atoms with E-state index in [1.165, 1.54) is 22.7 Å². The van der Waals surface area contributed by atoms with Crippen LogP contribution < -0.4 is 9.62 Å². The maximum absolute atomic E-state index is 12.6. The zero-order chi connectivity index (χ0) is 19.8. The molecule has 0 saturated heterocycles. The van der Waals surface area contributed by atoms with E-state index >= 15 is 0 Å². The van der Waals surface area contributed by atoms with Crippen molar-refractivity contribution in [3.05, 3.63) is 64.0 Å². The number of nitrogens with zero attached hydrogens (tertiary/aromatic N) is 1. The second-order valence-electron chi connectivity index (χ2n) is 6.31. The van der Waals surface area contributed by atoms with E-state index in [0.717, 1.165) is 21.9 Å². The molecule has 5 nitrogen and oxygen atoms in total. The molecular formula is C19H19ClN2O3S2. The third kappa shape index (κ3) is 4.43. The molecule has 1 atom stereocenters. The number of hydrogen-bond donors (Lipinski definition) is 1. The quantitative estimate of drug-likeness (QED) is 0.660. The predicted molar refractivity (Wildman–Crippen MR) is 112 cm³/mol. The van der Waals surface area contributed by atoms with Crippen LogP contribution >= 0.6 is 22.9 Å². The lowest BCUT2D eigenvalue weighted by molar-refractivity contribution is 0.0944. The van der Waals surface area contributed by atoms with Crippen LogP contribution in [0.2, 0.25) is 5.02 Å². The highest BCUT2D eigenvalue weighted by Gasteiger charge is 2.16. The van der Waals surface area contributed by atoms with Crippen molar-refractivity contribution in [2.45, 2.75) is 13.0 Å². The number of carbonyl (C=O) groups is 1. The smallest absolute Gasteiger partial charge is 0.261 e. The summed E-state index contributed by atoms with van der Waals surface area (Å²) >= 11 is 7.27. The average Bonchev–Trinajstić information content (AvgIpc) is 3.04. The molecule has 3 aromatic rings. The fraction of sp³-hybridized carbons (Fsp3) is 0.211. The number of anilines is 1. The molecule has 142 valence electrons. The third-order valence-electron chi connectivity index (χ3n) is 4.30. The van der Waals surface area contributed by atoms with Crippen molar-refractivity contribution >= 4 is 54.6 Å². The standard InChI is InChI=1S/C19H19ClN2O3S2/c1-12(13-4-6-15(20)7-5-13)21-19(23)18-11-14-10-16(8-9-17(14)26-18)22(2)27(3,24)25/h4-12H,1-3H3,(H,21,23)/t12-/m1/s1. The fourth-order valence-electron chi connectivity index (χ4n) is 2.63. The monoisotopic (exact) mass is 422 g/mol. The minimum Gasteiger partial charge on any atom is -0.345 e. The van der Waals surface area contributed by atoms with E-state index in [4.69, 9.17) is 11.6 Å². The van der Waals surface area contributed by atoms with Crippen LogP contribution in [-0.2, 0) is 10.0 Å². The molecule has 0 bridgehead atoms. The first kappa shape index (κ1) is 19.7. The van der Waals surface area contributed by atoms with E-state index in [9.17, 15) is 13.2 Å². The Morgan fingerprint density at radius 3 is 2.44 bits per heavy atom. The van der Waals surface area contributed by atoms with Gasteiger partial charge >= 0.3 is 0 Å². The van der Waals surface area contributed by atoms with E-state index in [0.29, 0.717) is 15.6 Å². The second-order valence-corrected chi connectivity index (χ2v) is 9.84. The molecule has 0 unspecified atom stereocenters. The van der Waals surface area contributed by atoms with Crippen molar-refractivity contribution in [1.82, 2.24) is 5.32 Å². The van der Waals surface area contributed by atoms with Gasteiger partial charge in [0.2, 0.25) is 10.0 Å². The topological polar surface area (TPSA) is 66.5 Å². The molecule has 3 rings (SSSR count). The summed E-state index contributed by atoms with van der Waals surface area (Å²) in [5.41, 5.74) is 1.52. The van der Waals surface area contributed by atoms with Gasteiger partial charge in [0.1, 0.15) is 0 Å². The Balaban J connectivity index is 1.82. The zero-order valence-electron chi connectivity index (χ0n) is 15.1. The molecule has 1 heterocycles. The van der Waals surface area contributed by atoms with E-state index in [1.807, 2.05) is 25.1 Å². The molecule has 1 aromatic heterocycles. The van der Waals surface area contributed by atoms with Gasteiger partial charge in [-0.15, -0.1) is 11.3 Å². The molecule has 0 saturated carbocycles. The van der Waals surface area contributed by atoms with E-state index in [-0.39, 0.29) is 11.9 Å². The zero-order valence-corrected chi connectivity index (χ0v) is 17.5. The van der Waals surface area contributed by atoms with E-state index < -0.39 is 10.0 Å². The molecule has 1 amide bonds. The summed E-state index contributed by atoms with van der Waals surface area (Å²) in [6.45, 7) is 1.91. The van der Waals surface area contributed by atoms with Crippen molar-refractivity contribution < 1.29 is 13.2 Å². The van der Waals surface area contributed by atoms with E-state index in [2.05, 4.69) is 5.32 Å². The van der Waals surface area contributed by atoms with Gasteiger partial charge in [0.05, 0.1) is 22.9 Å². The van der Waals surface area contributed by atoms with Crippen LogP contribution in [0.1, 0.15) is 28.2 Å². The van der Waals surface area contributed by atoms with Crippen molar-refractivity contribution in [3.8, 4) is 0 Å². The Hall–Kier alpha value is -2.09. The van der Waals surface area contributed by atoms with Crippen molar-refractivity contribution in [1.29, 1.82) is 0 Å². The number of sulfonamides is 1. The SMILES string of the molecule is C[C@@H](NC(=O)c1cc2cc(N(C)S(C)(=O)=O)ccc2s1)c1ccc(Cl)cc1. The van der Waals surface area contributed by atoms with E-state index in [1.54, 1.807) is 30.3 Å². The Morgan fingerprint density at radius 1 is 1.15 bits per heavy atom. The van der Waals surface area contributed by atoms with Gasteiger partial charge in [0.15, 0.2) is 0 Å². The molecule has 27 heavy (non-hydrogen) atoms. The number of halogens is 1. The number of nitrogens with one attached hydrogen (secondary N) is 1. The fourth-order valence-corrected chi connectivity index (χ4v) is 4.20. The van der Waals surface area contributed by atoms with Crippen LogP contribution in [0.3, 0.4) is 0 Å². The highest BCUT2D eigenvalue weighted by molar-refractivity contribution is 7.92. The summed E-state index contributed by atoms with van der Waals surface area (Å²) in [4.78, 5) is 13.2. The van der Waals surface area contributed by atoms with Crippen LogP contribution in [0.5, 0.6) is 0 Å². The maximum atomic E-state index is 12.6. The number of carbonyl (C=O) groups excluding carboxylic acids is 1. The summed E-state index contributed by atoms with van der Waals surface area (Å²) in [6.07, 6.45) is 1.15. The lowest BCUT2D eigenvalue weighted by Gasteiger charge is -2.16. The first-order chi connectivity index (χ1) is 12.6. The first-order valence-corrected chi connectivity index (χ1v) is 11.2. The van der Waals surface area contributed by atoms with Crippen LogP contribution in [-0.4, -0.2) is 27.6 Å². The van der Waals surface area contributed by atoms with Gasteiger partial charge < -0.3 is 5.32 Å². The largest absolute Gasteiger partial charge is 0.345 e. The van der Waals surface area contributed by atoms with Crippen molar-refractivity contribution in [2.75, 3.05) is 17.6 Å². The number of hydrogen-bond acceptors (Lipinski definition) is 4. The van der Waals surface area contributed by atoms with Crippen LogP contribution in [0.4, 0.5) is 5.69 Å². The Morgan fingerprint density at radius 2 is 1.81 bits per heavy atom. The number of rotatable bonds is 5. The molecule has 0 radical (unpaired) electrons. The lowest BCUT2D eigenvalue weighted by atomic mass is 10.1. The van der Waals surface area contributed by atoms with Gasteiger partial charge in [-0.1, -0.05) is 23.7 Å². The summed E-state index contributed by atoms with van der Waals surface area (Å²) in [5, 5.41) is 4.46. The minimum absolute atomic E-state index is 0.160. The number of benzene rings is 2. The molecule has 0 aliphatic rings. The lowest BCUT2D eigenvalue weighted by Crippen LogP contribution is -2.25. The van der Waals surface area contributed by atoms with Crippen LogP contribution in [0, 0.1) is 0 Å². The van der Waals surface area contributed by atoms with Gasteiger partial charge in [0.25, 0.3) is 5.91 Å². The van der Waals surface area contributed by atoms with Gasteiger partial charge in [-0.3, -0.25) is 9.10 Å². The summed E-state index contributed by atoms with van der Waals surface area (Å²) in [7, 11) is -1.83. The Kier molecular flexibility index (Phi) is 5.46. The molecule has 0 spiro atoms. The summed E-state index contributed by atoms with van der Waals surface area (Å²) in [6, 6.07) is 14.3. The molecule has 0 aliphatic carbocycles. The number of amides is 1. The number of thiophene rings is 1. The average molecular weight is 423 g/mol. The predicted octanol–water partition coefficient (Wildman–Crippen LogP) is 4.44. The second kappa shape index (κ2) is 7.50. The highest BCUT2D eigenvalue weighted by Crippen LogP contribution is 2.30. The van der Waals surface area contributed by atoms with Gasteiger partial charge in [0, 0.05) is 16.8 Å². The molecule has 0 aliphatic heterocycles. The molecule has 2 aromatic carbocycles. The van der Waals surface area contributed by atoms with Gasteiger partial charge in [-0.2, -0.15) is 0 Å². The van der Waals surface area contributed by atoms with Gasteiger partial charge in [-0.05, 0) is 54.3 Å².